The highest BCUT2D eigenvalue weighted by Crippen LogP contribution is 2.26. The van der Waals surface area contributed by atoms with Gasteiger partial charge in [-0.25, -0.2) is 0 Å². The van der Waals surface area contributed by atoms with Crippen molar-refractivity contribution < 1.29 is 4.79 Å². The summed E-state index contributed by atoms with van der Waals surface area (Å²) in [5.74, 6) is 0.195. The maximum absolute atomic E-state index is 12.4. The Balaban J connectivity index is 2.06. The van der Waals surface area contributed by atoms with E-state index in [1.807, 2.05) is 22.4 Å². The van der Waals surface area contributed by atoms with Gasteiger partial charge in [-0.3, -0.25) is 4.79 Å². The molecule has 1 heterocycles. The lowest BCUT2D eigenvalue weighted by Crippen LogP contribution is -2.39. The van der Waals surface area contributed by atoms with E-state index in [0.29, 0.717) is 12.6 Å². The van der Waals surface area contributed by atoms with Crippen LogP contribution in [0.3, 0.4) is 0 Å². The van der Waals surface area contributed by atoms with E-state index in [4.69, 9.17) is 5.73 Å². The molecule has 1 aliphatic rings. The van der Waals surface area contributed by atoms with Crippen LogP contribution in [0.5, 0.6) is 0 Å². The van der Waals surface area contributed by atoms with Crippen LogP contribution in [-0.2, 0) is 0 Å². The SMILES string of the molecule is NCCCN(C(=O)c1cccs1)C1CCCC1. The summed E-state index contributed by atoms with van der Waals surface area (Å²) in [5.41, 5.74) is 5.56. The topological polar surface area (TPSA) is 46.3 Å². The molecule has 1 aromatic rings. The lowest BCUT2D eigenvalue weighted by atomic mass is 10.2. The number of nitrogens with zero attached hydrogens (tertiary/aromatic N) is 1. The Morgan fingerprint density at radius 1 is 1.47 bits per heavy atom. The first kappa shape index (κ1) is 12.6. The third kappa shape index (κ3) is 3.07. The fourth-order valence-corrected chi connectivity index (χ4v) is 3.15. The minimum absolute atomic E-state index is 0.195. The normalized spacial score (nSPS) is 16.3. The first-order valence-electron chi connectivity index (χ1n) is 6.37. The molecule has 2 N–H and O–H groups in total. The van der Waals surface area contributed by atoms with E-state index in [-0.39, 0.29) is 5.91 Å². The molecule has 0 aliphatic heterocycles. The molecule has 2 rings (SSSR count). The van der Waals surface area contributed by atoms with E-state index in [1.54, 1.807) is 0 Å². The van der Waals surface area contributed by atoms with E-state index < -0.39 is 0 Å². The summed E-state index contributed by atoms with van der Waals surface area (Å²) in [4.78, 5) is 15.3. The summed E-state index contributed by atoms with van der Waals surface area (Å²) in [7, 11) is 0. The largest absolute Gasteiger partial charge is 0.335 e. The van der Waals surface area contributed by atoms with Crippen LogP contribution in [0.25, 0.3) is 0 Å². The van der Waals surface area contributed by atoms with Crippen molar-refractivity contribution in [3.8, 4) is 0 Å². The quantitative estimate of drug-likeness (QED) is 0.875. The number of amides is 1. The first-order valence-corrected chi connectivity index (χ1v) is 7.25. The van der Waals surface area contributed by atoms with Crippen LogP contribution < -0.4 is 5.73 Å². The molecule has 1 aliphatic carbocycles. The molecule has 0 unspecified atom stereocenters. The number of hydrogen-bond acceptors (Lipinski definition) is 3. The van der Waals surface area contributed by atoms with Crippen molar-refractivity contribution in [3.05, 3.63) is 22.4 Å². The predicted molar refractivity (Wildman–Crippen MR) is 71.3 cm³/mol. The van der Waals surface area contributed by atoms with Gasteiger partial charge in [-0.1, -0.05) is 18.9 Å². The van der Waals surface area contributed by atoms with Crippen LogP contribution in [-0.4, -0.2) is 29.9 Å². The Morgan fingerprint density at radius 2 is 2.24 bits per heavy atom. The average Bonchev–Trinajstić information content (AvgIpc) is 3.02. The lowest BCUT2D eigenvalue weighted by Gasteiger charge is -2.28. The Bertz CT molecular complexity index is 344. The van der Waals surface area contributed by atoms with Gasteiger partial charge in [0.15, 0.2) is 0 Å². The minimum Gasteiger partial charge on any atom is -0.335 e. The second-order valence-corrected chi connectivity index (χ2v) is 5.50. The molecule has 0 spiro atoms. The molecule has 1 aromatic heterocycles. The summed E-state index contributed by atoms with van der Waals surface area (Å²) < 4.78 is 0. The van der Waals surface area contributed by atoms with Gasteiger partial charge in [0.05, 0.1) is 4.88 Å². The molecule has 17 heavy (non-hydrogen) atoms. The molecule has 1 amide bonds. The van der Waals surface area contributed by atoms with E-state index in [2.05, 4.69) is 0 Å². The summed E-state index contributed by atoms with van der Waals surface area (Å²) in [6.07, 6.45) is 5.71. The third-order valence-corrected chi connectivity index (χ3v) is 4.22. The molecule has 3 nitrogen and oxygen atoms in total. The highest BCUT2D eigenvalue weighted by atomic mass is 32.1. The van der Waals surface area contributed by atoms with Crippen LogP contribution in [0.15, 0.2) is 17.5 Å². The van der Waals surface area contributed by atoms with Gasteiger partial charge in [0.25, 0.3) is 5.91 Å². The van der Waals surface area contributed by atoms with Crippen molar-refractivity contribution in [1.82, 2.24) is 4.90 Å². The van der Waals surface area contributed by atoms with Gasteiger partial charge >= 0.3 is 0 Å². The Kier molecular flexibility index (Phi) is 4.57. The minimum atomic E-state index is 0.195. The zero-order valence-electron chi connectivity index (χ0n) is 10.1. The van der Waals surface area contributed by atoms with Gasteiger partial charge in [0.1, 0.15) is 0 Å². The van der Waals surface area contributed by atoms with Crippen molar-refractivity contribution >= 4 is 17.2 Å². The van der Waals surface area contributed by atoms with Crippen molar-refractivity contribution in [1.29, 1.82) is 0 Å². The first-order chi connectivity index (χ1) is 8.33. The van der Waals surface area contributed by atoms with Crippen LogP contribution in [0.4, 0.5) is 0 Å². The second kappa shape index (κ2) is 6.17. The van der Waals surface area contributed by atoms with Crippen LogP contribution in [0, 0.1) is 0 Å². The number of hydrogen-bond donors (Lipinski definition) is 1. The fourth-order valence-electron chi connectivity index (χ4n) is 2.47. The maximum Gasteiger partial charge on any atom is 0.264 e. The summed E-state index contributed by atoms with van der Waals surface area (Å²) in [5, 5.41) is 1.96. The third-order valence-electron chi connectivity index (χ3n) is 3.36. The summed E-state index contributed by atoms with van der Waals surface area (Å²) >= 11 is 1.53. The molecule has 1 saturated carbocycles. The number of rotatable bonds is 5. The van der Waals surface area contributed by atoms with Crippen LogP contribution >= 0.6 is 11.3 Å². The molecule has 0 saturated heterocycles. The smallest absolute Gasteiger partial charge is 0.264 e. The van der Waals surface area contributed by atoms with Crippen molar-refractivity contribution in [2.45, 2.75) is 38.1 Å². The van der Waals surface area contributed by atoms with Crippen molar-refractivity contribution in [2.24, 2.45) is 5.73 Å². The summed E-state index contributed by atoms with van der Waals surface area (Å²) in [6.45, 7) is 1.46. The fraction of sp³-hybridized carbons (Fsp3) is 0.615. The molecule has 0 atom stereocenters. The van der Waals surface area contributed by atoms with E-state index in [9.17, 15) is 4.79 Å². The molecule has 0 radical (unpaired) electrons. The Morgan fingerprint density at radius 3 is 2.82 bits per heavy atom. The number of carbonyl (C=O) groups is 1. The number of nitrogens with two attached hydrogens (primary N) is 1. The predicted octanol–water partition coefficient (Wildman–Crippen LogP) is 2.48. The van der Waals surface area contributed by atoms with Crippen molar-refractivity contribution in [2.75, 3.05) is 13.1 Å². The Hall–Kier alpha value is -0.870. The number of carbonyl (C=O) groups excluding carboxylic acids is 1. The van der Waals surface area contributed by atoms with Crippen LogP contribution in [0.1, 0.15) is 41.8 Å². The van der Waals surface area contributed by atoms with Gasteiger partial charge < -0.3 is 10.6 Å². The molecule has 94 valence electrons. The lowest BCUT2D eigenvalue weighted by molar-refractivity contribution is 0.0685. The second-order valence-electron chi connectivity index (χ2n) is 4.56. The molecular formula is C13H20N2OS. The molecule has 0 bridgehead atoms. The number of thiophene rings is 1. The van der Waals surface area contributed by atoms with Gasteiger partial charge in [-0.15, -0.1) is 11.3 Å². The van der Waals surface area contributed by atoms with E-state index in [1.165, 1.54) is 24.2 Å². The van der Waals surface area contributed by atoms with E-state index >= 15 is 0 Å². The monoisotopic (exact) mass is 252 g/mol. The highest BCUT2D eigenvalue weighted by molar-refractivity contribution is 7.12. The maximum atomic E-state index is 12.4. The molecule has 0 aromatic carbocycles. The standard InChI is InChI=1S/C13H20N2OS/c14-8-4-9-15(11-5-1-2-6-11)13(16)12-7-3-10-17-12/h3,7,10-11H,1-2,4-6,8-9,14H2. The highest BCUT2D eigenvalue weighted by Gasteiger charge is 2.27. The van der Waals surface area contributed by atoms with Gasteiger partial charge in [0, 0.05) is 12.6 Å². The van der Waals surface area contributed by atoms with Crippen molar-refractivity contribution in [3.63, 3.8) is 0 Å². The van der Waals surface area contributed by atoms with Gasteiger partial charge in [0.2, 0.25) is 0 Å². The average molecular weight is 252 g/mol. The Labute approximate surface area is 107 Å². The van der Waals surface area contributed by atoms with Gasteiger partial charge in [-0.2, -0.15) is 0 Å². The zero-order valence-corrected chi connectivity index (χ0v) is 10.9. The van der Waals surface area contributed by atoms with Gasteiger partial charge in [-0.05, 0) is 37.3 Å². The molecular weight excluding hydrogens is 232 g/mol. The molecule has 1 fully saturated rings. The summed E-state index contributed by atoms with van der Waals surface area (Å²) in [6, 6.07) is 4.29. The zero-order chi connectivity index (χ0) is 12.1. The molecule has 4 heteroatoms. The van der Waals surface area contributed by atoms with E-state index in [0.717, 1.165) is 30.7 Å². The van der Waals surface area contributed by atoms with Crippen LogP contribution in [0.2, 0.25) is 0 Å².